The minimum atomic E-state index is 0.710. The first-order valence-corrected chi connectivity index (χ1v) is 6.69. The molecule has 0 spiro atoms. The van der Waals surface area contributed by atoms with E-state index in [1.165, 1.54) is 25.7 Å². The summed E-state index contributed by atoms with van der Waals surface area (Å²) in [5, 5.41) is 6.63. The van der Waals surface area contributed by atoms with Gasteiger partial charge in [0.2, 0.25) is 0 Å². The predicted octanol–water partition coefficient (Wildman–Crippen LogP) is 1.62. The number of hydrogen-bond donors (Lipinski definition) is 2. The first-order valence-electron chi connectivity index (χ1n) is 6.69. The molecule has 1 aliphatic carbocycles. The summed E-state index contributed by atoms with van der Waals surface area (Å²) < 4.78 is 5.00. The first-order chi connectivity index (χ1) is 8.26. The highest BCUT2D eigenvalue weighted by Gasteiger charge is 2.17. The molecule has 0 unspecified atom stereocenters. The van der Waals surface area contributed by atoms with E-state index >= 15 is 0 Å². The van der Waals surface area contributed by atoms with E-state index < -0.39 is 0 Å². The van der Waals surface area contributed by atoms with E-state index in [4.69, 9.17) is 4.74 Å². The van der Waals surface area contributed by atoms with Crippen LogP contribution in [0.25, 0.3) is 0 Å². The lowest BCUT2D eigenvalue weighted by atomic mass is 9.83. The van der Waals surface area contributed by atoms with E-state index in [9.17, 15) is 0 Å². The largest absolute Gasteiger partial charge is 0.383 e. The summed E-state index contributed by atoms with van der Waals surface area (Å²) in [7, 11) is 3.52. The van der Waals surface area contributed by atoms with Crippen LogP contribution in [0.3, 0.4) is 0 Å². The molecule has 1 aliphatic rings. The minimum Gasteiger partial charge on any atom is -0.383 e. The Morgan fingerprint density at radius 2 is 1.94 bits per heavy atom. The Labute approximate surface area is 105 Å². The Morgan fingerprint density at radius 3 is 2.53 bits per heavy atom. The van der Waals surface area contributed by atoms with Gasteiger partial charge in [-0.05, 0) is 24.7 Å². The Hall–Kier alpha value is -0.770. The maximum atomic E-state index is 5.00. The van der Waals surface area contributed by atoms with Crippen molar-refractivity contribution in [2.75, 3.05) is 33.9 Å². The molecule has 0 aromatic carbocycles. The second-order valence-corrected chi connectivity index (χ2v) is 5.00. The molecule has 0 radical (unpaired) electrons. The zero-order chi connectivity index (χ0) is 12.5. The summed E-state index contributed by atoms with van der Waals surface area (Å²) in [5.74, 6) is 2.62. The van der Waals surface area contributed by atoms with Crippen LogP contribution in [0, 0.1) is 11.8 Å². The standard InChI is InChI=1S/C13H27N3O/c1-11-4-6-12(7-5-11)10-16-13(14-2)15-8-9-17-3/h11-12H,4-10H2,1-3H3,(H2,14,15,16). The van der Waals surface area contributed by atoms with Crippen LogP contribution in [0.2, 0.25) is 0 Å². The molecule has 0 aliphatic heterocycles. The second kappa shape index (κ2) is 8.34. The van der Waals surface area contributed by atoms with E-state index in [0.29, 0.717) is 6.61 Å². The number of methoxy groups -OCH3 is 1. The highest BCUT2D eigenvalue weighted by molar-refractivity contribution is 5.79. The fourth-order valence-corrected chi connectivity index (χ4v) is 2.27. The molecule has 1 rings (SSSR count). The van der Waals surface area contributed by atoms with Crippen LogP contribution in [-0.2, 0) is 4.74 Å². The zero-order valence-corrected chi connectivity index (χ0v) is 11.5. The average Bonchev–Trinajstić information content (AvgIpc) is 2.35. The van der Waals surface area contributed by atoms with Gasteiger partial charge in [-0.15, -0.1) is 0 Å². The van der Waals surface area contributed by atoms with E-state index in [0.717, 1.165) is 30.9 Å². The maximum absolute atomic E-state index is 5.00. The van der Waals surface area contributed by atoms with Crippen molar-refractivity contribution in [1.82, 2.24) is 10.6 Å². The highest BCUT2D eigenvalue weighted by atomic mass is 16.5. The van der Waals surface area contributed by atoms with Crippen molar-refractivity contribution in [3.8, 4) is 0 Å². The molecule has 4 heteroatoms. The predicted molar refractivity (Wildman–Crippen MR) is 72.4 cm³/mol. The van der Waals surface area contributed by atoms with Crippen molar-refractivity contribution in [2.24, 2.45) is 16.8 Å². The van der Waals surface area contributed by atoms with Gasteiger partial charge in [-0.2, -0.15) is 0 Å². The van der Waals surface area contributed by atoms with Crippen LogP contribution >= 0.6 is 0 Å². The fourth-order valence-electron chi connectivity index (χ4n) is 2.27. The molecule has 0 atom stereocenters. The zero-order valence-electron chi connectivity index (χ0n) is 11.5. The van der Waals surface area contributed by atoms with E-state index in [2.05, 4.69) is 22.5 Å². The van der Waals surface area contributed by atoms with Crippen LogP contribution < -0.4 is 10.6 Å². The van der Waals surface area contributed by atoms with Crippen molar-refractivity contribution >= 4 is 5.96 Å². The summed E-state index contributed by atoms with van der Waals surface area (Å²) in [6, 6.07) is 0. The molecule has 0 bridgehead atoms. The van der Waals surface area contributed by atoms with Crippen LogP contribution in [0.1, 0.15) is 32.6 Å². The minimum absolute atomic E-state index is 0.710. The Kier molecular flexibility index (Phi) is 7.01. The molecule has 1 fully saturated rings. The van der Waals surface area contributed by atoms with Gasteiger partial charge in [0.25, 0.3) is 0 Å². The van der Waals surface area contributed by atoms with Crippen LogP contribution in [0.5, 0.6) is 0 Å². The molecular weight excluding hydrogens is 214 g/mol. The number of hydrogen-bond acceptors (Lipinski definition) is 2. The molecule has 100 valence electrons. The van der Waals surface area contributed by atoms with Crippen LogP contribution in [-0.4, -0.2) is 39.8 Å². The molecule has 0 aromatic heterocycles. The van der Waals surface area contributed by atoms with Crippen LogP contribution in [0.4, 0.5) is 0 Å². The van der Waals surface area contributed by atoms with Gasteiger partial charge in [-0.3, -0.25) is 4.99 Å². The van der Waals surface area contributed by atoms with Gasteiger partial charge in [-0.25, -0.2) is 0 Å². The van der Waals surface area contributed by atoms with Gasteiger partial charge in [0, 0.05) is 27.2 Å². The molecule has 4 nitrogen and oxygen atoms in total. The van der Waals surface area contributed by atoms with Gasteiger partial charge in [0.1, 0.15) is 0 Å². The van der Waals surface area contributed by atoms with E-state index in [-0.39, 0.29) is 0 Å². The summed E-state index contributed by atoms with van der Waals surface area (Å²) in [4.78, 5) is 4.20. The maximum Gasteiger partial charge on any atom is 0.191 e. The van der Waals surface area contributed by atoms with Crippen molar-refractivity contribution in [3.05, 3.63) is 0 Å². The lowest BCUT2D eigenvalue weighted by Crippen LogP contribution is -2.41. The van der Waals surface area contributed by atoms with Gasteiger partial charge in [0.15, 0.2) is 5.96 Å². The topological polar surface area (TPSA) is 45.7 Å². The van der Waals surface area contributed by atoms with Crippen molar-refractivity contribution in [3.63, 3.8) is 0 Å². The van der Waals surface area contributed by atoms with Crippen LogP contribution in [0.15, 0.2) is 4.99 Å². The number of ether oxygens (including phenoxy) is 1. The van der Waals surface area contributed by atoms with Crippen molar-refractivity contribution in [2.45, 2.75) is 32.6 Å². The molecule has 17 heavy (non-hydrogen) atoms. The molecule has 0 amide bonds. The Balaban J connectivity index is 2.14. The van der Waals surface area contributed by atoms with Gasteiger partial charge >= 0.3 is 0 Å². The Morgan fingerprint density at radius 1 is 1.24 bits per heavy atom. The number of guanidine groups is 1. The van der Waals surface area contributed by atoms with Gasteiger partial charge in [0.05, 0.1) is 6.61 Å². The summed E-state index contributed by atoms with van der Waals surface area (Å²) in [6.45, 7) is 4.91. The molecular formula is C13H27N3O. The number of rotatable bonds is 5. The molecule has 2 N–H and O–H groups in total. The molecule has 0 saturated heterocycles. The Bertz CT molecular complexity index is 223. The molecule has 1 saturated carbocycles. The van der Waals surface area contributed by atoms with Gasteiger partial charge < -0.3 is 15.4 Å². The van der Waals surface area contributed by atoms with Crippen molar-refractivity contribution in [1.29, 1.82) is 0 Å². The number of nitrogens with zero attached hydrogens (tertiary/aromatic N) is 1. The molecule has 0 aromatic rings. The summed E-state index contributed by atoms with van der Waals surface area (Å²) >= 11 is 0. The van der Waals surface area contributed by atoms with Gasteiger partial charge in [-0.1, -0.05) is 19.8 Å². The lowest BCUT2D eigenvalue weighted by molar-refractivity contribution is 0.203. The first kappa shape index (κ1) is 14.3. The van der Waals surface area contributed by atoms with E-state index in [1.807, 2.05) is 7.05 Å². The average molecular weight is 241 g/mol. The lowest BCUT2D eigenvalue weighted by Gasteiger charge is -2.26. The third kappa shape index (κ3) is 5.91. The number of aliphatic imine (C=N–C) groups is 1. The quantitative estimate of drug-likeness (QED) is 0.437. The SMILES string of the molecule is CN=C(NCCOC)NCC1CCC(C)CC1. The summed E-state index contributed by atoms with van der Waals surface area (Å²) in [6.07, 6.45) is 5.45. The van der Waals surface area contributed by atoms with E-state index in [1.54, 1.807) is 7.11 Å². The molecule has 0 heterocycles. The third-order valence-corrected chi connectivity index (χ3v) is 3.52. The summed E-state index contributed by atoms with van der Waals surface area (Å²) in [5.41, 5.74) is 0. The second-order valence-electron chi connectivity index (χ2n) is 5.00. The van der Waals surface area contributed by atoms with Crippen molar-refractivity contribution < 1.29 is 4.74 Å². The smallest absolute Gasteiger partial charge is 0.191 e. The number of nitrogens with one attached hydrogen (secondary N) is 2. The highest BCUT2D eigenvalue weighted by Crippen LogP contribution is 2.27. The monoisotopic (exact) mass is 241 g/mol. The normalized spacial score (nSPS) is 25.7. The third-order valence-electron chi connectivity index (χ3n) is 3.52. The fraction of sp³-hybridized carbons (Fsp3) is 0.923.